The number of carbonyl (C=O) groups is 1. The molecule has 134 valence electrons. The maximum atomic E-state index is 12.5. The summed E-state index contributed by atoms with van der Waals surface area (Å²) in [5, 5.41) is 11.2. The van der Waals surface area contributed by atoms with E-state index in [-0.39, 0.29) is 17.7 Å². The Hall–Kier alpha value is -3.45. The zero-order valence-corrected chi connectivity index (χ0v) is 14.9. The number of hydrogen-bond donors (Lipinski definition) is 1. The number of aryl methyl sites for hydroxylation is 1. The molecule has 27 heavy (non-hydrogen) atoms. The summed E-state index contributed by atoms with van der Waals surface area (Å²) in [6.07, 6.45) is 3.07. The Labute approximate surface area is 159 Å². The fourth-order valence-corrected chi connectivity index (χ4v) is 2.66. The zero-order valence-electron chi connectivity index (χ0n) is 14.1. The van der Waals surface area contributed by atoms with Gasteiger partial charge in [0.1, 0.15) is 5.69 Å². The molecule has 0 aliphatic carbocycles. The van der Waals surface area contributed by atoms with Crippen molar-refractivity contribution in [1.82, 2.24) is 15.2 Å². The molecule has 0 aliphatic rings. The molecule has 4 aromatic rings. The number of aromatic nitrogens is 3. The number of halogens is 1. The van der Waals surface area contributed by atoms with Crippen molar-refractivity contribution < 1.29 is 13.6 Å². The fraction of sp³-hybridized carbons (Fsp3) is 0.0526. The summed E-state index contributed by atoms with van der Waals surface area (Å²) in [4.78, 5) is 16.8. The van der Waals surface area contributed by atoms with Crippen molar-refractivity contribution in [2.75, 3.05) is 5.32 Å². The van der Waals surface area contributed by atoms with Crippen molar-refractivity contribution in [3.8, 4) is 23.2 Å². The largest absolute Gasteiger partial charge is 0.459 e. The molecule has 1 aromatic carbocycles. The van der Waals surface area contributed by atoms with Crippen molar-refractivity contribution in [1.29, 1.82) is 0 Å². The number of pyridine rings is 1. The topological polar surface area (TPSA) is 94.1 Å². The Morgan fingerprint density at radius 3 is 2.78 bits per heavy atom. The molecule has 0 atom stereocenters. The van der Waals surface area contributed by atoms with Crippen LogP contribution < -0.4 is 5.32 Å². The minimum atomic E-state index is -0.269. The second kappa shape index (κ2) is 7.05. The summed E-state index contributed by atoms with van der Waals surface area (Å²) in [7, 11) is 0. The molecule has 0 radical (unpaired) electrons. The fourth-order valence-electron chi connectivity index (χ4n) is 2.49. The SMILES string of the molecule is Cc1ccc(Cl)cc1C(=O)Nc1ccnc(-c2nnc(-c3ccco3)o2)c1. The van der Waals surface area contributed by atoms with Gasteiger partial charge in [0.25, 0.3) is 17.7 Å². The van der Waals surface area contributed by atoms with Crippen LogP contribution in [0.1, 0.15) is 15.9 Å². The van der Waals surface area contributed by atoms with E-state index in [1.165, 1.54) is 6.26 Å². The van der Waals surface area contributed by atoms with Crippen LogP contribution in [-0.4, -0.2) is 21.1 Å². The van der Waals surface area contributed by atoms with Crippen molar-refractivity contribution in [2.24, 2.45) is 0 Å². The molecule has 0 spiro atoms. The first-order valence-electron chi connectivity index (χ1n) is 8.01. The first kappa shape index (κ1) is 17.0. The summed E-state index contributed by atoms with van der Waals surface area (Å²) >= 11 is 5.99. The van der Waals surface area contributed by atoms with Gasteiger partial charge in [-0.05, 0) is 48.9 Å². The lowest BCUT2D eigenvalue weighted by Crippen LogP contribution is -2.13. The van der Waals surface area contributed by atoms with Crippen molar-refractivity contribution in [3.05, 3.63) is 71.1 Å². The van der Waals surface area contributed by atoms with Gasteiger partial charge in [-0.15, -0.1) is 10.2 Å². The van der Waals surface area contributed by atoms with E-state index in [0.717, 1.165) is 5.56 Å². The molecule has 0 unspecified atom stereocenters. The van der Waals surface area contributed by atoms with Crippen molar-refractivity contribution in [2.45, 2.75) is 6.92 Å². The lowest BCUT2D eigenvalue weighted by molar-refractivity contribution is 0.102. The average Bonchev–Trinajstić information content (AvgIpc) is 3.35. The summed E-state index contributed by atoms with van der Waals surface area (Å²) in [5.41, 5.74) is 2.30. The highest BCUT2D eigenvalue weighted by Crippen LogP contribution is 2.25. The normalized spacial score (nSPS) is 10.7. The van der Waals surface area contributed by atoms with E-state index in [2.05, 4.69) is 20.5 Å². The van der Waals surface area contributed by atoms with Crippen LogP contribution in [0.5, 0.6) is 0 Å². The van der Waals surface area contributed by atoms with Gasteiger partial charge in [0.2, 0.25) is 0 Å². The van der Waals surface area contributed by atoms with Gasteiger partial charge in [-0.2, -0.15) is 0 Å². The maximum absolute atomic E-state index is 12.5. The molecule has 3 heterocycles. The molecule has 1 amide bonds. The van der Waals surface area contributed by atoms with E-state index in [1.807, 2.05) is 6.92 Å². The number of amides is 1. The van der Waals surface area contributed by atoms with E-state index in [0.29, 0.717) is 27.7 Å². The maximum Gasteiger partial charge on any atom is 0.283 e. The van der Waals surface area contributed by atoms with Crippen LogP contribution in [0.4, 0.5) is 5.69 Å². The first-order valence-corrected chi connectivity index (χ1v) is 8.39. The lowest BCUT2D eigenvalue weighted by Gasteiger charge is -2.08. The third kappa shape index (κ3) is 3.58. The predicted octanol–water partition coefficient (Wildman–Crippen LogP) is 4.61. The van der Waals surface area contributed by atoms with Gasteiger partial charge in [0, 0.05) is 22.5 Å². The standard InChI is InChI=1S/C19H13ClN4O3/c1-11-4-5-12(20)9-14(11)17(25)22-13-6-7-21-15(10-13)18-23-24-19(27-18)16-3-2-8-26-16/h2-10H,1H3,(H,21,22,25). The van der Waals surface area contributed by atoms with Crippen LogP contribution in [0, 0.1) is 6.92 Å². The third-order valence-electron chi connectivity index (χ3n) is 3.84. The number of nitrogens with zero attached hydrogens (tertiary/aromatic N) is 3. The molecule has 0 saturated carbocycles. The van der Waals surface area contributed by atoms with Gasteiger partial charge in [0.15, 0.2) is 5.76 Å². The van der Waals surface area contributed by atoms with Crippen LogP contribution in [0.25, 0.3) is 23.2 Å². The predicted molar refractivity (Wildman–Crippen MR) is 99.4 cm³/mol. The number of carbonyl (C=O) groups excluding carboxylic acids is 1. The number of rotatable bonds is 4. The molecule has 0 aliphatic heterocycles. The molecule has 0 fully saturated rings. The van der Waals surface area contributed by atoms with Gasteiger partial charge in [0.05, 0.1) is 6.26 Å². The summed E-state index contributed by atoms with van der Waals surface area (Å²) in [5.74, 6) is 0.667. The van der Waals surface area contributed by atoms with Gasteiger partial charge in [-0.25, -0.2) is 0 Å². The number of hydrogen-bond acceptors (Lipinski definition) is 6. The molecule has 7 nitrogen and oxygen atoms in total. The molecule has 0 bridgehead atoms. The second-order valence-corrected chi connectivity index (χ2v) is 6.17. The Morgan fingerprint density at radius 1 is 1.11 bits per heavy atom. The van der Waals surface area contributed by atoms with Gasteiger partial charge in [-0.3, -0.25) is 9.78 Å². The Balaban J connectivity index is 1.58. The zero-order chi connectivity index (χ0) is 18.8. The lowest BCUT2D eigenvalue weighted by atomic mass is 10.1. The van der Waals surface area contributed by atoms with Crippen LogP contribution in [0.3, 0.4) is 0 Å². The van der Waals surface area contributed by atoms with Crippen LogP contribution in [0.2, 0.25) is 5.02 Å². The van der Waals surface area contributed by atoms with E-state index >= 15 is 0 Å². The third-order valence-corrected chi connectivity index (χ3v) is 4.07. The molecular formula is C19H13ClN4O3. The minimum Gasteiger partial charge on any atom is -0.459 e. The average molecular weight is 381 g/mol. The molecule has 8 heteroatoms. The monoisotopic (exact) mass is 380 g/mol. The number of anilines is 1. The quantitative estimate of drug-likeness (QED) is 0.555. The van der Waals surface area contributed by atoms with Crippen LogP contribution in [0.15, 0.2) is 63.8 Å². The summed E-state index contributed by atoms with van der Waals surface area (Å²) < 4.78 is 10.8. The Morgan fingerprint density at radius 2 is 1.96 bits per heavy atom. The minimum absolute atomic E-state index is 0.219. The summed E-state index contributed by atoms with van der Waals surface area (Å²) in [6.45, 7) is 1.85. The number of nitrogens with one attached hydrogen (secondary N) is 1. The molecular weight excluding hydrogens is 368 g/mol. The highest BCUT2D eigenvalue weighted by atomic mass is 35.5. The second-order valence-electron chi connectivity index (χ2n) is 5.73. The van der Waals surface area contributed by atoms with Gasteiger partial charge < -0.3 is 14.2 Å². The Bertz CT molecular complexity index is 1110. The van der Waals surface area contributed by atoms with Gasteiger partial charge >= 0.3 is 0 Å². The van der Waals surface area contributed by atoms with Crippen LogP contribution >= 0.6 is 11.6 Å². The van der Waals surface area contributed by atoms with Crippen LogP contribution in [-0.2, 0) is 0 Å². The molecule has 4 rings (SSSR count). The van der Waals surface area contributed by atoms with E-state index in [9.17, 15) is 4.79 Å². The Kier molecular flexibility index (Phi) is 4.43. The molecule has 0 saturated heterocycles. The van der Waals surface area contributed by atoms with Crippen molar-refractivity contribution in [3.63, 3.8) is 0 Å². The smallest absolute Gasteiger partial charge is 0.283 e. The van der Waals surface area contributed by atoms with E-state index in [4.69, 9.17) is 20.4 Å². The number of furan rings is 1. The van der Waals surface area contributed by atoms with Crippen molar-refractivity contribution >= 4 is 23.2 Å². The summed E-state index contributed by atoms with van der Waals surface area (Å²) in [6, 6.07) is 11.9. The number of benzene rings is 1. The molecule has 3 aromatic heterocycles. The highest BCUT2D eigenvalue weighted by Gasteiger charge is 2.15. The highest BCUT2D eigenvalue weighted by molar-refractivity contribution is 6.31. The first-order chi connectivity index (χ1) is 13.1. The van der Waals surface area contributed by atoms with E-state index < -0.39 is 0 Å². The van der Waals surface area contributed by atoms with Gasteiger partial charge in [-0.1, -0.05) is 17.7 Å². The molecule has 1 N–H and O–H groups in total. The van der Waals surface area contributed by atoms with E-state index in [1.54, 1.807) is 48.7 Å².